The van der Waals surface area contributed by atoms with Gasteiger partial charge in [-0.2, -0.15) is 0 Å². The molecule has 0 aromatic carbocycles. The summed E-state index contributed by atoms with van der Waals surface area (Å²) in [6.07, 6.45) is 9.73. The van der Waals surface area contributed by atoms with E-state index in [1.54, 1.807) is 0 Å². The van der Waals surface area contributed by atoms with Crippen LogP contribution >= 0.6 is 0 Å². The van der Waals surface area contributed by atoms with E-state index in [0.717, 1.165) is 32.1 Å². The van der Waals surface area contributed by atoms with Crippen LogP contribution in [0.1, 0.15) is 148 Å². The summed E-state index contributed by atoms with van der Waals surface area (Å²) in [5, 5.41) is 0. The van der Waals surface area contributed by atoms with Crippen molar-refractivity contribution >= 4 is 17.7 Å². The van der Waals surface area contributed by atoms with Gasteiger partial charge in [0.2, 0.25) is 0 Å². The third-order valence-electron chi connectivity index (χ3n) is 9.25. The maximum atomic E-state index is 13.6. The van der Waals surface area contributed by atoms with Gasteiger partial charge >= 0.3 is 11.9 Å². The van der Waals surface area contributed by atoms with E-state index < -0.39 is 10.8 Å². The Morgan fingerprint density at radius 1 is 0.919 bits per heavy atom. The number of carbonyl (C=O) groups excluding carboxylic acids is 3. The van der Waals surface area contributed by atoms with Crippen molar-refractivity contribution in [2.45, 2.75) is 160 Å². The van der Waals surface area contributed by atoms with E-state index in [9.17, 15) is 14.4 Å². The minimum Gasteiger partial charge on any atom is -0.461 e. The van der Waals surface area contributed by atoms with Crippen molar-refractivity contribution in [3.63, 3.8) is 0 Å². The number of rotatable bonds is 7. The second-order valence-electron chi connectivity index (χ2n) is 13.8. The smallest absolute Gasteiger partial charge is 0.312 e. The molecule has 4 bridgehead atoms. The largest absolute Gasteiger partial charge is 0.461 e. The van der Waals surface area contributed by atoms with Crippen molar-refractivity contribution in [2.24, 2.45) is 27.6 Å². The molecule has 0 amide bonds. The van der Waals surface area contributed by atoms with E-state index in [1.165, 1.54) is 19.3 Å². The van der Waals surface area contributed by atoms with Gasteiger partial charge in [0.15, 0.2) is 0 Å². The van der Waals surface area contributed by atoms with Gasteiger partial charge in [0.1, 0.15) is 17.5 Å². The summed E-state index contributed by atoms with van der Waals surface area (Å²) >= 11 is 0. The third-order valence-corrected chi connectivity index (χ3v) is 9.25. The first-order valence-corrected chi connectivity index (χ1v) is 13.2. The number of hydrogen-bond donors (Lipinski definition) is 0. The predicted octanol–water partition coefficient (Wildman–Crippen LogP) is 8.71. The molecule has 0 aliphatic heterocycles. The number of carbonyl (C=O) groups is 3. The van der Waals surface area contributed by atoms with Crippen molar-refractivity contribution in [1.82, 2.24) is 0 Å². The first kappa shape index (κ1) is 35.6. The second kappa shape index (κ2) is 11.8. The molecule has 0 aromatic heterocycles. The van der Waals surface area contributed by atoms with E-state index in [2.05, 4.69) is 13.8 Å². The summed E-state index contributed by atoms with van der Waals surface area (Å²) < 4.78 is 12.2. The molecule has 5 aliphatic rings. The second-order valence-corrected chi connectivity index (χ2v) is 13.8. The highest BCUT2D eigenvalue weighted by atomic mass is 16.6. The van der Waals surface area contributed by atoms with Crippen LogP contribution in [-0.2, 0) is 23.9 Å². The van der Waals surface area contributed by atoms with Crippen molar-refractivity contribution in [3.8, 4) is 0 Å². The first-order valence-electron chi connectivity index (χ1n) is 13.2. The molecule has 0 heterocycles. The predicted molar refractivity (Wildman–Crippen MR) is 153 cm³/mol. The van der Waals surface area contributed by atoms with Crippen LogP contribution in [0.3, 0.4) is 0 Å². The number of ketones is 1. The average Bonchev–Trinajstić information content (AvgIpc) is 2.64. The Labute approximate surface area is 229 Å². The molecular weight excluding hydrogens is 464 g/mol. The minimum atomic E-state index is -0.794. The Bertz CT molecular complexity index is 811. The highest BCUT2D eigenvalue weighted by Gasteiger charge is 2.62. The molecule has 5 rings (SSSR count). The van der Waals surface area contributed by atoms with E-state index in [1.807, 2.05) is 27.7 Å². The normalized spacial score (nSPS) is 35.5. The average molecular weight is 525 g/mol. The summed E-state index contributed by atoms with van der Waals surface area (Å²) in [7, 11) is 0. The number of Topliss-reactive ketones (excluding diaryl/α,β-unsaturated/α-hetero) is 1. The number of esters is 2. The number of hydrogen-bond acceptors (Lipinski definition) is 5. The first-order chi connectivity index (χ1) is 15.2. The van der Waals surface area contributed by atoms with Crippen LogP contribution in [0.4, 0.5) is 0 Å². The summed E-state index contributed by atoms with van der Waals surface area (Å²) in [4.78, 5) is 38.6. The van der Waals surface area contributed by atoms with Crippen LogP contribution in [0, 0.1) is 27.6 Å². The van der Waals surface area contributed by atoms with Crippen LogP contribution in [-0.4, -0.2) is 29.4 Å². The Hall–Kier alpha value is -1.39. The fourth-order valence-corrected chi connectivity index (χ4v) is 8.56. The highest BCUT2D eigenvalue weighted by molar-refractivity contribution is 5.82. The van der Waals surface area contributed by atoms with Crippen molar-refractivity contribution in [3.05, 3.63) is 0 Å². The molecule has 5 nitrogen and oxygen atoms in total. The van der Waals surface area contributed by atoms with Gasteiger partial charge in [0, 0.05) is 12.8 Å². The Morgan fingerprint density at radius 2 is 1.49 bits per heavy atom. The van der Waals surface area contributed by atoms with Gasteiger partial charge in [0.05, 0.1) is 10.8 Å². The molecule has 0 aromatic rings. The molecule has 5 heteroatoms. The summed E-state index contributed by atoms with van der Waals surface area (Å²) in [5.41, 5.74) is -1.38. The molecular formula is C32H60O5. The lowest BCUT2D eigenvalue weighted by atomic mass is 9.43. The van der Waals surface area contributed by atoms with Gasteiger partial charge in [-0.1, -0.05) is 50.5 Å². The molecule has 37 heavy (non-hydrogen) atoms. The molecule has 0 radical (unpaired) electrons. The van der Waals surface area contributed by atoms with Gasteiger partial charge in [-0.05, 0) is 102 Å². The molecule has 5 fully saturated rings. The van der Waals surface area contributed by atoms with Crippen molar-refractivity contribution in [1.29, 1.82) is 0 Å². The zero-order valence-corrected chi connectivity index (χ0v) is 21.7. The fourth-order valence-electron chi connectivity index (χ4n) is 8.56. The zero-order chi connectivity index (χ0) is 24.3. The summed E-state index contributed by atoms with van der Waals surface area (Å²) in [6.45, 7) is 12.4. The standard InChI is InChI=1S/C28H44O5.4CH4/c1-7-27(6,23(31)32-21-10-8-9-20(29)11-21)15-24(2,3)22(30)33-28-14-19-12-25(4,17-28)16-26(5,13-19)18-28;;;;/h19,21H,7-18H2,1-6H3;4*1H4. The maximum absolute atomic E-state index is 13.6. The minimum absolute atomic E-state index is 0. The maximum Gasteiger partial charge on any atom is 0.312 e. The monoisotopic (exact) mass is 524 g/mol. The van der Waals surface area contributed by atoms with Crippen molar-refractivity contribution < 1.29 is 23.9 Å². The fraction of sp³-hybridized carbons (Fsp3) is 0.906. The van der Waals surface area contributed by atoms with Crippen LogP contribution in [0.25, 0.3) is 0 Å². The molecule has 0 N–H and O–H groups in total. The van der Waals surface area contributed by atoms with Gasteiger partial charge in [-0.15, -0.1) is 0 Å². The molecule has 5 saturated carbocycles. The SMILES string of the molecule is C.C.C.C.CCC(C)(CC(C)(C)C(=O)OC12CC3CC(C)(CC(C)(C3)C1)C2)C(=O)OC1CCCC(=O)C1. The Balaban J connectivity index is 0.00000324. The van der Waals surface area contributed by atoms with Gasteiger partial charge in [-0.3, -0.25) is 14.4 Å². The lowest BCUT2D eigenvalue weighted by Crippen LogP contribution is -2.60. The van der Waals surface area contributed by atoms with Crippen molar-refractivity contribution in [2.75, 3.05) is 0 Å². The summed E-state index contributed by atoms with van der Waals surface area (Å²) in [6, 6.07) is 0. The Morgan fingerprint density at radius 3 is 1.97 bits per heavy atom. The zero-order valence-electron chi connectivity index (χ0n) is 21.7. The highest BCUT2D eigenvalue weighted by Crippen LogP contribution is 2.67. The molecule has 0 spiro atoms. The lowest BCUT2D eigenvalue weighted by Gasteiger charge is -2.64. The number of ether oxygens (including phenoxy) is 2. The van der Waals surface area contributed by atoms with E-state index in [0.29, 0.717) is 31.6 Å². The van der Waals surface area contributed by atoms with E-state index >= 15 is 0 Å². The van der Waals surface area contributed by atoms with Crippen LogP contribution in [0.15, 0.2) is 0 Å². The lowest BCUT2D eigenvalue weighted by molar-refractivity contribution is -0.223. The topological polar surface area (TPSA) is 69.7 Å². The molecule has 4 unspecified atom stereocenters. The van der Waals surface area contributed by atoms with Crippen LogP contribution in [0.5, 0.6) is 0 Å². The van der Waals surface area contributed by atoms with Gasteiger partial charge < -0.3 is 9.47 Å². The third kappa shape index (κ3) is 7.18. The summed E-state index contributed by atoms with van der Waals surface area (Å²) in [5.74, 6) is 0.345. The van der Waals surface area contributed by atoms with Gasteiger partial charge in [-0.25, -0.2) is 0 Å². The van der Waals surface area contributed by atoms with E-state index in [-0.39, 0.29) is 70.0 Å². The molecule has 4 atom stereocenters. The van der Waals surface area contributed by atoms with Gasteiger partial charge in [0.25, 0.3) is 0 Å². The van der Waals surface area contributed by atoms with Crippen LogP contribution < -0.4 is 0 Å². The van der Waals surface area contributed by atoms with E-state index in [4.69, 9.17) is 9.47 Å². The molecule has 5 aliphatic carbocycles. The van der Waals surface area contributed by atoms with Crippen LogP contribution in [0.2, 0.25) is 0 Å². The molecule has 0 saturated heterocycles. The Kier molecular flexibility index (Phi) is 11.3. The quantitative estimate of drug-likeness (QED) is 0.311. The molecule has 218 valence electrons.